The van der Waals surface area contributed by atoms with Crippen LogP contribution in [0.15, 0.2) is 0 Å². The van der Waals surface area contributed by atoms with Crippen molar-refractivity contribution in [2.75, 3.05) is 0 Å². The lowest BCUT2D eigenvalue weighted by molar-refractivity contribution is -0.0974. The molecule has 0 bridgehead atoms. The van der Waals surface area contributed by atoms with Gasteiger partial charge in [-0.3, -0.25) is 0 Å². The normalized spacial score (nSPS) is 41.7. The van der Waals surface area contributed by atoms with Gasteiger partial charge in [0, 0.05) is 0 Å². The molecule has 0 N–H and O–H groups in total. The zero-order chi connectivity index (χ0) is 8.70. The Labute approximate surface area is 71.4 Å². The van der Waals surface area contributed by atoms with E-state index >= 15 is 0 Å². The van der Waals surface area contributed by atoms with Gasteiger partial charge in [0.15, 0.2) is 0 Å². The summed E-state index contributed by atoms with van der Waals surface area (Å²) in [6.45, 7) is 11.9. The molecule has 0 heterocycles. The van der Waals surface area contributed by atoms with E-state index in [4.69, 9.17) is 0 Å². The van der Waals surface area contributed by atoms with Crippen LogP contribution in [-0.2, 0) is 0 Å². The van der Waals surface area contributed by atoms with Crippen molar-refractivity contribution in [1.82, 2.24) is 0 Å². The third-order valence-electron chi connectivity index (χ3n) is 3.86. The quantitative estimate of drug-likeness (QED) is 0.566. The lowest BCUT2D eigenvalue weighted by Gasteiger charge is -2.59. The van der Waals surface area contributed by atoms with E-state index in [1.54, 1.807) is 0 Å². The largest absolute Gasteiger partial charge is 0.0651 e. The van der Waals surface area contributed by atoms with Crippen LogP contribution in [0.2, 0.25) is 0 Å². The fourth-order valence-electron chi connectivity index (χ4n) is 3.52. The summed E-state index contributed by atoms with van der Waals surface area (Å²) in [4.78, 5) is 0. The molecule has 1 aliphatic carbocycles. The van der Waals surface area contributed by atoms with Crippen molar-refractivity contribution in [3.05, 3.63) is 0 Å². The van der Waals surface area contributed by atoms with E-state index in [0.29, 0.717) is 10.8 Å². The SMILES string of the molecule is CCC1C(C)(C)CC1(C)CC. The minimum atomic E-state index is 0.625. The molecule has 2 unspecified atom stereocenters. The molecular formula is C11H22. The van der Waals surface area contributed by atoms with Gasteiger partial charge in [-0.1, -0.05) is 47.5 Å². The van der Waals surface area contributed by atoms with E-state index in [0.717, 1.165) is 5.92 Å². The maximum Gasteiger partial charge on any atom is -0.0290 e. The maximum absolute atomic E-state index is 2.45. The van der Waals surface area contributed by atoms with Crippen LogP contribution in [0.5, 0.6) is 0 Å². The van der Waals surface area contributed by atoms with Crippen LogP contribution in [-0.4, -0.2) is 0 Å². The Morgan fingerprint density at radius 1 is 1.18 bits per heavy atom. The summed E-state index contributed by atoms with van der Waals surface area (Å²) in [7, 11) is 0. The van der Waals surface area contributed by atoms with Crippen LogP contribution in [0.3, 0.4) is 0 Å². The molecule has 0 aromatic carbocycles. The van der Waals surface area contributed by atoms with Crippen LogP contribution in [0.4, 0.5) is 0 Å². The molecule has 0 heteroatoms. The molecule has 0 aromatic heterocycles. The Morgan fingerprint density at radius 3 is 1.91 bits per heavy atom. The predicted molar refractivity (Wildman–Crippen MR) is 50.6 cm³/mol. The molecule has 0 aromatic rings. The number of rotatable bonds is 2. The highest BCUT2D eigenvalue weighted by atomic mass is 14.6. The van der Waals surface area contributed by atoms with Crippen molar-refractivity contribution >= 4 is 0 Å². The van der Waals surface area contributed by atoms with E-state index < -0.39 is 0 Å². The highest BCUT2D eigenvalue weighted by Crippen LogP contribution is 2.61. The lowest BCUT2D eigenvalue weighted by atomic mass is 9.46. The third-order valence-corrected chi connectivity index (χ3v) is 3.86. The molecule has 2 atom stereocenters. The first-order chi connectivity index (χ1) is 4.96. The molecular weight excluding hydrogens is 132 g/mol. The van der Waals surface area contributed by atoms with E-state index in [-0.39, 0.29) is 0 Å². The van der Waals surface area contributed by atoms with Crippen molar-refractivity contribution in [3.8, 4) is 0 Å². The van der Waals surface area contributed by atoms with Gasteiger partial charge in [0.2, 0.25) is 0 Å². The van der Waals surface area contributed by atoms with Gasteiger partial charge in [-0.15, -0.1) is 0 Å². The second kappa shape index (κ2) is 2.50. The second-order valence-electron chi connectivity index (χ2n) is 5.13. The van der Waals surface area contributed by atoms with Crippen LogP contribution in [0, 0.1) is 16.7 Å². The van der Waals surface area contributed by atoms with Crippen LogP contribution >= 0.6 is 0 Å². The van der Waals surface area contributed by atoms with Gasteiger partial charge in [-0.2, -0.15) is 0 Å². The van der Waals surface area contributed by atoms with Gasteiger partial charge < -0.3 is 0 Å². The van der Waals surface area contributed by atoms with Crippen LogP contribution < -0.4 is 0 Å². The van der Waals surface area contributed by atoms with Gasteiger partial charge in [0.1, 0.15) is 0 Å². The maximum atomic E-state index is 2.45. The Bertz CT molecular complexity index is 146. The topological polar surface area (TPSA) is 0 Å². The Kier molecular flexibility index (Phi) is 2.07. The van der Waals surface area contributed by atoms with Crippen molar-refractivity contribution < 1.29 is 0 Å². The first-order valence-corrected chi connectivity index (χ1v) is 4.96. The summed E-state index contributed by atoms with van der Waals surface area (Å²) in [5.41, 5.74) is 1.29. The van der Waals surface area contributed by atoms with E-state index in [9.17, 15) is 0 Å². The first kappa shape index (κ1) is 9.09. The summed E-state index contributed by atoms with van der Waals surface area (Å²) in [6.07, 6.45) is 4.14. The van der Waals surface area contributed by atoms with E-state index in [2.05, 4.69) is 34.6 Å². The van der Waals surface area contributed by atoms with E-state index in [1.807, 2.05) is 0 Å². The van der Waals surface area contributed by atoms with Gasteiger partial charge in [-0.05, 0) is 23.2 Å². The first-order valence-electron chi connectivity index (χ1n) is 4.96. The molecule has 66 valence electrons. The average molecular weight is 154 g/mol. The molecule has 1 rings (SSSR count). The number of hydrogen-bond donors (Lipinski definition) is 0. The molecule has 11 heavy (non-hydrogen) atoms. The zero-order valence-electron chi connectivity index (χ0n) is 8.70. The summed E-state index contributed by atoms with van der Waals surface area (Å²) in [5, 5.41) is 0. The summed E-state index contributed by atoms with van der Waals surface area (Å²) in [6, 6.07) is 0. The molecule has 0 aliphatic heterocycles. The van der Waals surface area contributed by atoms with Gasteiger partial charge in [0.05, 0.1) is 0 Å². The fraction of sp³-hybridized carbons (Fsp3) is 1.00. The molecule has 0 spiro atoms. The van der Waals surface area contributed by atoms with Crippen LogP contribution in [0.1, 0.15) is 53.9 Å². The van der Waals surface area contributed by atoms with E-state index in [1.165, 1.54) is 19.3 Å². The van der Waals surface area contributed by atoms with Gasteiger partial charge in [-0.25, -0.2) is 0 Å². The fourth-order valence-corrected chi connectivity index (χ4v) is 3.52. The van der Waals surface area contributed by atoms with Crippen molar-refractivity contribution in [2.45, 2.75) is 53.9 Å². The minimum absolute atomic E-state index is 0.625. The monoisotopic (exact) mass is 154 g/mol. The molecule has 0 nitrogen and oxygen atoms in total. The van der Waals surface area contributed by atoms with Gasteiger partial charge in [0.25, 0.3) is 0 Å². The Morgan fingerprint density at radius 2 is 1.73 bits per heavy atom. The molecule has 0 amide bonds. The molecule has 0 saturated heterocycles. The standard InChI is InChI=1S/C11H22/c1-6-9-10(3,4)8-11(9,5)7-2/h9H,6-8H2,1-5H3. The van der Waals surface area contributed by atoms with Crippen molar-refractivity contribution in [3.63, 3.8) is 0 Å². The van der Waals surface area contributed by atoms with Crippen molar-refractivity contribution in [1.29, 1.82) is 0 Å². The van der Waals surface area contributed by atoms with Gasteiger partial charge >= 0.3 is 0 Å². The van der Waals surface area contributed by atoms with Crippen LogP contribution in [0.25, 0.3) is 0 Å². The number of hydrogen-bond acceptors (Lipinski definition) is 0. The predicted octanol–water partition coefficient (Wildman–Crippen LogP) is 3.86. The molecule has 1 aliphatic rings. The highest BCUT2D eigenvalue weighted by Gasteiger charge is 2.52. The molecule has 1 saturated carbocycles. The second-order valence-corrected chi connectivity index (χ2v) is 5.13. The average Bonchev–Trinajstić information content (AvgIpc) is 1.86. The molecule has 0 radical (unpaired) electrons. The summed E-state index contributed by atoms with van der Waals surface area (Å²) < 4.78 is 0. The smallest absolute Gasteiger partial charge is 0.0290 e. The third kappa shape index (κ3) is 1.21. The summed E-state index contributed by atoms with van der Waals surface area (Å²) in [5.74, 6) is 0.958. The summed E-state index contributed by atoms with van der Waals surface area (Å²) >= 11 is 0. The molecule has 1 fully saturated rings. The Balaban J connectivity index is 2.66. The van der Waals surface area contributed by atoms with Crippen molar-refractivity contribution in [2.24, 2.45) is 16.7 Å². The lowest BCUT2D eigenvalue weighted by Crippen LogP contribution is -2.51. The minimum Gasteiger partial charge on any atom is -0.0651 e. The Hall–Kier alpha value is 0. The zero-order valence-corrected chi connectivity index (χ0v) is 8.70. The highest BCUT2D eigenvalue weighted by molar-refractivity contribution is 5.02.